The Labute approximate surface area is 177 Å². The molecule has 1 saturated carbocycles. The van der Waals surface area contributed by atoms with Gasteiger partial charge in [-0.15, -0.1) is 0 Å². The number of unbranched alkanes of at least 4 members (excludes halogenated alkanes) is 1. The van der Waals surface area contributed by atoms with E-state index in [1.165, 1.54) is 4.90 Å². The average Bonchev–Trinajstić information content (AvgIpc) is 3.47. The van der Waals surface area contributed by atoms with Gasteiger partial charge >= 0.3 is 0 Å². The number of nitrogens with zero attached hydrogens (tertiary/aromatic N) is 3. The third-order valence-corrected chi connectivity index (χ3v) is 5.97. The minimum Gasteiger partial charge on any atom is -0.330 e. The summed E-state index contributed by atoms with van der Waals surface area (Å²) in [6, 6.07) is 7.22. The number of hydrogen-bond donors (Lipinski definition) is 0. The molecule has 0 N–H and O–H groups in total. The van der Waals surface area contributed by atoms with Crippen LogP contribution >= 0.6 is 11.6 Å². The monoisotopic (exact) mass is 419 g/mol. The van der Waals surface area contributed by atoms with Gasteiger partial charge in [0.1, 0.15) is 19.8 Å². The molecule has 3 rings (SSSR count). The molecule has 2 aliphatic rings. The summed E-state index contributed by atoms with van der Waals surface area (Å²) in [5, 5.41) is 0.545. The number of rotatable bonds is 9. The molecule has 1 heterocycles. The van der Waals surface area contributed by atoms with Crippen molar-refractivity contribution >= 4 is 35.0 Å². The summed E-state index contributed by atoms with van der Waals surface area (Å²) in [5.74, 6) is -0.242. The van der Waals surface area contributed by atoms with Crippen molar-refractivity contribution in [2.24, 2.45) is 5.92 Å². The highest BCUT2D eigenvalue weighted by molar-refractivity contribution is 6.31. The fourth-order valence-corrected chi connectivity index (χ4v) is 3.98. The fraction of sp³-hybridized carbons (Fsp3) is 0.591. The Bertz CT molecular complexity index is 765. The van der Waals surface area contributed by atoms with Crippen molar-refractivity contribution in [3.63, 3.8) is 0 Å². The van der Waals surface area contributed by atoms with Crippen LogP contribution in [0.4, 0.5) is 5.69 Å². The van der Waals surface area contributed by atoms with Gasteiger partial charge in [0.05, 0.1) is 0 Å². The predicted molar refractivity (Wildman–Crippen MR) is 114 cm³/mol. The largest absolute Gasteiger partial charge is 0.330 e. The van der Waals surface area contributed by atoms with Crippen molar-refractivity contribution in [1.29, 1.82) is 0 Å². The lowest BCUT2D eigenvalue weighted by Gasteiger charge is -2.28. The maximum atomic E-state index is 13.1. The lowest BCUT2D eigenvalue weighted by atomic mass is 9.97. The molecule has 1 saturated heterocycles. The SMILES string of the molecule is CCCC[C@@H](CC)C(=O)N(CC(=O)N1CC(=O)N(c2cccc(Cl)c2)C1)C1CC1. The van der Waals surface area contributed by atoms with Crippen molar-refractivity contribution in [2.75, 3.05) is 24.7 Å². The first-order valence-corrected chi connectivity index (χ1v) is 11.0. The molecule has 1 aromatic carbocycles. The molecular weight excluding hydrogens is 390 g/mol. The van der Waals surface area contributed by atoms with Gasteiger partial charge in [-0.2, -0.15) is 0 Å². The summed E-state index contributed by atoms with van der Waals surface area (Å²) >= 11 is 6.03. The van der Waals surface area contributed by atoms with Crippen LogP contribution in [0.15, 0.2) is 24.3 Å². The van der Waals surface area contributed by atoms with Crippen molar-refractivity contribution in [2.45, 2.75) is 58.4 Å². The molecule has 7 heteroatoms. The van der Waals surface area contributed by atoms with Crippen molar-refractivity contribution in [3.05, 3.63) is 29.3 Å². The van der Waals surface area contributed by atoms with Gasteiger partial charge in [-0.25, -0.2) is 0 Å². The normalized spacial score (nSPS) is 17.6. The molecule has 0 aromatic heterocycles. The highest BCUT2D eigenvalue weighted by atomic mass is 35.5. The summed E-state index contributed by atoms with van der Waals surface area (Å²) in [7, 11) is 0. The van der Waals surface area contributed by atoms with Crippen LogP contribution in [0.3, 0.4) is 0 Å². The number of amides is 3. The first-order chi connectivity index (χ1) is 13.9. The lowest BCUT2D eigenvalue weighted by Crippen LogP contribution is -2.45. The first-order valence-electron chi connectivity index (χ1n) is 10.6. The number of anilines is 1. The van der Waals surface area contributed by atoms with Crippen LogP contribution in [0.2, 0.25) is 5.02 Å². The lowest BCUT2D eigenvalue weighted by molar-refractivity contribution is -0.143. The van der Waals surface area contributed by atoms with E-state index in [4.69, 9.17) is 11.6 Å². The summed E-state index contributed by atoms with van der Waals surface area (Å²) < 4.78 is 0. The number of halogens is 1. The zero-order chi connectivity index (χ0) is 21.0. The van der Waals surface area contributed by atoms with Gasteiger partial charge in [-0.05, 0) is 43.9 Å². The van der Waals surface area contributed by atoms with Crippen LogP contribution in [-0.4, -0.2) is 53.3 Å². The van der Waals surface area contributed by atoms with Crippen LogP contribution in [0.1, 0.15) is 52.4 Å². The van der Waals surface area contributed by atoms with Crippen LogP contribution in [-0.2, 0) is 14.4 Å². The van der Waals surface area contributed by atoms with Gasteiger partial charge < -0.3 is 9.80 Å². The maximum absolute atomic E-state index is 13.1. The highest BCUT2D eigenvalue weighted by Gasteiger charge is 2.39. The van der Waals surface area contributed by atoms with E-state index in [2.05, 4.69) is 6.92 Å². The molecule has 1 atom stereocenters. The van der Waals surface area contributed by atoms with Gasteiger partial charge in [-0.1, -0.05) is 44.4 Å². The smallest absolute Gasteiger partial charge is 0.248 e. The molecular formula is C22H30ClN3O3. The number of benzene rings is 1. The van der Waals surface area contributed by atoms with Gasteiger partial charge in [0.25, 0.3) is 0 Å². The van der Waals surface area contributed by atoms with Crippen molar-refractivity contribution in [3.8, 4) is 0 Å². The van der Waals surface area contributed by atoms with E-state index in [1.54, 1.807) is 34.1 Å². The summed E-state index contributed by atoms with van der Waals surface area (Å²) in [6.45, 7) is 4.44. The summed E-state index contributed by atoms with van der Waals surface area (Å²) in [6.07, 6.45) is 5.65. The standard InChI is InChI=1S/C22H30ClN3O3/c1-3-5-7-16(4-2)22(29)25(18-10-11-18)14-20(27)24-13-21(28)26(15-24)19-9-6-8-17(23)12-19/h6,8-9,12,16,18H,3-5,7,10-11,13-15H2,1-2H3/t16-/m1/s1. The first kappa shape index (κ1) is 21.6. The number of carbonyl (C=O) groups is 3. The van der Waals surface area contributed by atoms with Crippen LogP contribution < -0.4 is 4.90 Å². The summed E-state index contributed by atoms with van der Waals surface area (Å²) in [5.41, 5.74) is 0.679. The van der Waals surface area contributed by atoms with E-state index in [0.29, 0.717) is 10.7 Å². The Morgan fingerprint density at radius 1 is 1.28 bits per heavy atom. The van der Waals surface area contributed by atoms with E-state index in [0.717, 1.165) is 38.5 Å². The molecule has 0 unspecified atom stereocenters. The predicted octanol–water partition coefficient (Wildman–Crippen LogP) is 3.68. The Morgan fingerprint density at radius 3 is 2.66 bits per heavy atom. The Balaban J connectivity index is 1.64. The molecule has 0 radical (unpaired) electrons. The quantitative estimate of drug-likeness (QED) is 0.613. The Morgan fingerprint density at radius 2 is 2.03 bits per heavy atom. The Kier molecular flexibility index (Phi) is 7.17. The molecule has 1 aliphatic carbocycles. The maximum Gasteiger partial charge on any atom is 0.248 e. The molecule has 1 aliphatic heterocycles. The highest BCUT2D eigenvalue weighted by Crippen LogP contribution is 2.30. The van der Waals surface area contributed by atoms with Crippen LogP contribution in [0.25, 0.3) is 0 Å². The van der Waals surface area contributed by atoms with E-state index >= 15 is 0 Å². The second kappa shape index (κ2) is 9.61. The molecule has 3 amide bonds. The number of carbonyl (C=O) groups excluding carboxylic acids is 3. The fourth-order valence-electron chi connectivity index (χ4n) is 3.79. The van der Waals surface area contributed by atoms with Gasteiger partial charge in [-0.3, -0.25) is 19.3 Å². The van der Waals surface area contributed by atoms with Crippen LogP contribution in [0, 0.1) is 5.92 Å². The van der Waals surface area contributed by atoms with E-state index in [1.807, 2.05) is 6.92 Å². The van der Waals surface area contributed by atoms with Gasteiger partial charge in [0.15, 0.2) is 0 Å². The third-order valence-electron chi connectivity index (χ3n) is 5.74. The van der Waals surface area contributed by atoms with Crippen LogP contribution in [0.5, 0.6) is 0 Å². The second-order valence-electron chi connectivity index (χ2n) is 7.98. The third kappa shape index (κ3) is 5.30. The van der Waals surface area contributed by atoms with E-state index in [-0.39, 0.29) is 49.4 Å². The minimum atomic E-state index is -0.173. The average molecular weight is 420 g/mol. The number of hydrogen-bond acceptors (Lipinski definition) is 3. The second-order valence-corrected chi connectivity index (χ2v) is 8.42. The molecule has 0 spiro atoms. The molecule has 6 nitrogen and oxygen atoms in total. The van der Waals surface area contributed by atoms with Crippen molar-refractivity contribution < 1.29 is 14.4 Å². The zero-order valence-corrected chi connectivity index (χ0v) is 18.0. The Hall–Kier alpha value is -2.08. The molecule has 1 aromatic rings. The minimum absolute atomic E-state index is 0.0217. The van der Waals surface area contributed by atoms with E-state index < -0.39 is 0 Å². The van der Waals surface area contributed by atoms with Crippen molar-refractivity contribution in [1.82, 2.24) is 9.80 Å². The molecule has 2 fully saturated rings. The summed E-state index contributed by atoms with van der Waals surface area (Å²) in [4.78, 5) is 43.3. The van der Waals surface area contributed by atoms with Gasteiger partial charge in [0, 0.05) is 22.7 Å². The molecule has 158 valence electrons. The topological polar surface area (TPSA) is 60.9 Å². The van der Waals surface area contributed by atoms with Gasteiger partial charge in [0.2, 0.25) is 17.7 Å². The molecule has 29 heavy (non-hydrogen) atoms. The van der Waals surface area contributed by atoms with E-state index in [9.17, 15) is 14.4 Å². The molecule has 0 bridgehead atoms. The zero-order valence-electron chi connectivity index (χ0n) is 17.3.